The second-order valence-corrected chi connectivity index (χ2v) is 4.95. The van der Waals surface area contributed by atoms with Crippen LogP contribution in [0.15, 0.2) is 23.6 Å². The molecule has 1 aromatic carbocycles. The maximum absolute atomic E-state index is 5.60. The van der Waals surface area contributed by atoms with Crippen molar-refractivity contribution in [3.8, 4) is 0 Å². The van der Waals surface area contributed by atoms with E-state index < -0.39 is 0 Å². The number of aromatic amines is 1. The fourth-order valence-corrected chi connectivity index (χ4v) is 2.40. The summed E-state index contributed by atoms with van der Waals surface area (Å²) < 4.78 is 0. The minimum Gasteiger partial charge on any atom is -0.375 e. The number of nitrogens with two attached hydrogens (primary N) is 1. The molecule has 0 aliphatic carbocycles. The van der Waals surface area contributed by atoms with E-state index in [1.54, 1.807) is 0 Å². The van der Waals surface area contributed by atoms with Crippen molar-refractivity contribution in [2.45, 2.75) is 13.3 Å². The van der Waals surface area contributed by atoms with Gasteiger partial charge in [-0.3, -0.25) is 0 Å². The summed E-state index contributed by atoms with van der Waals surface area (Å²) in [7, 11) is 0. The van der Waals surface area contributed by atoms with Crippen LogP contribution in [0.5, 0.6) is 0 Å². The average Bonchev–Trinajstić information content (AvgIpc) is 2.84. The Hall–Kier alpha value is -1.88. The van der Waals surface area contributed by atoms with Gasteiger partial charge < -0.3 is 10.7 Å². The number of hydrogen-bond acceptors (Lipinski definition) is 4. The van der Waals surface area contributed by atoms with Gasteiger partial charge in [-0.1, -0.05) is 6.07 Å². The van der Waals surface area contributed by atoms with Crippen LogP contribution in [-0.4, -0.2) is 15.0 Å². The fourth-order valence-electron chi connectivity index (χ4n) is 1.84. The minimum absolute atomic E-state index is 0.604. The maximum Gasteiger partial charge on any atom is 0.180 e. The molecule has 2 aromatic heterocycles. The van der Waals surface area contributed by atoms with Crippen molar-refractivity contribution in [2.24, 2.45) is 0 Å². The van der Waals surface area contributed by atoms with Gasteiger partial charge in [0, 0.05) is 11.8 Å². The molecule has 5 heteroatoms. The lowest BCUT2D eigenvalue weighted by atomic mass is 10.2. The summed E-state index contributed by atoms with van der Waals surface area (Å²) in [5, 5.41) is 2.57. The number of anilines is 1. The molecule has 3 N–H and O–H groups in total. The summed E-state index contributed by atoms with van der Waals surface area (Å²) in [6, 6.07) is 6.19. The number of nitrogens with zero attached hydrogens (tertiary/aromatic N) is 2. The van der Waals surface area contributed by atoms with Gasteiger partial charge in [0.15, 0.2) is 5.13 Å². The Kier molecular flexibility index (Phi) is 2.33. The highest BCUT2D eigenvalue weighted by molar-refractivity contribution is 7.13. The second-order valence-electron chi connectivity index (χ2n) is 4.06. The largest absolute Gasteiger partial charge is 0.375 e. The molecule has 4 nitrogen and oxygen atoms in total. The predicted octanol–water partition coefficient (Wildman–Crippen LogP) is 2.50. The lowest BCUT2D eigenvalue weighted by molar-refractivity contribution is 1.00. The predicted molar refractivity (Wildman–Crippen MR) is 70.2 cm³/mol. The average molecular weight is 244 g/mol. The Morgan fingerprint density at radius 2 is 2.24 bits per heavy atom. The molecule has 3 aromatic rings. The Morgan fingerprint density at radius 1 is 1.35 bits per heavy atom. The van der Waals surface area contributed by atoms with Crippen LogP contribution < -0.4 is 5.73 Å². The Balaban J connectivity index is 1.95. The van der Waals surface area contributed by atoms with E-state index in [4.69, 9.17) is 5.73 Å². The first-order valence-electron chi connectivity index (χ1n) is 5.36. The number of nitrogen functional groups attached to an aromatic ring is 1. The lowest BCUT2D eigenvalue weighted by Crippen LogP contribution is -1.91. The number of fused-ring (bicyclic) bond motifs is 1. The van der Waals surface area contributed by atoms with E-state index >= 15 is 0 Å². The standard InChI is InChI=1S/C12H12N4S/c1-7-2-3-9-10(4-7)16-11(15-9)5-8-6-17-12(13)14-8/h2-4,6H,5H2,1H3,(H2,13,14)(H,15,16). The van der Waals surface area contributed by atoms with E-state index in [-0.39, 0.29) is 0 Å². The Morgan fingerprint density at radius 3 is 3.00 bits per heavy atom. The molecule has 86 valence electrons. The number of hydrogen-bond donors (Lipinski definition) is 2. The van der Waals surface area contributed by atoms with Crippen LogP contribution in [0.4, 0.5) is 5.13 Å². The van der Waals surface area contributed by atoms with Crippen molar-refractivity contribution in [3.63, 3.8) is 0 Å². The number of thiazole rings is 1. The molecule has 0 atom stereocenters. The summed E-state index contributed by atoms with van der Waals surface area (Å²) in [6.07, 6.45) is 0.696. The molecular formula is C12H12N4S. The minimum atomic E-state index is 0.604. The van der Waals surface area contributed by atoms with Crippen LogP contribution in [0.25, 0.3) is 11.0 Å². The third-order valence-electron chi connectivity index (χ3n) is 2.60. The summed E-state index contributed by atoms with van der Waals surface area (Å²) in [5.74, 6) is 0.927. The molecule has 3 rings (SSSR count). The van der Waals surface area contributed by atoms with Crippen LogP contribution >= 0.6 is 11.3 Å². The quantitative estimate of drug-likeness (QED) is 0.727. The third-order valence-corrected chi connectivity index (χ3v) is 3.33. The van der Waals surface area contributed by atoms with Gasteiger partial charge in [-0.15, -0.1) is 11.3 Å². The van der Waals surface area contributed by atoms with Gasteiger partial charge in [0.25, 0.3) is 0 Å². The van der Waals surface area contributed by atoms with Gasteiger partial charge in [0.05, 0.1) is 16.7 Å². The van der Waals surface area contributed by atoms with Gasteiger partial charge in [0.1, 0.15) is 5.82 Å². The number of aryl methyl sites for hydroxylation is 1. The molecule has 0 saturated heterocycles. The molecule has 0 radical (unpaired) electrons. The monoisotopic (exact) mass is 244 g/mol. The first kappa shape index (κ1) is 10.3. The van der Waals surface area contributed by atoms with Crippen LogP contribution in [0, 0.1) is 6.92 Å². The molecule has 0 spiro atoms. The SMILES string of the molecule is Cc1ccc2nc(Cc3csc(N)n3)[nH]c2c1. The molecule has 0 aliphatic heterocycles. The fraction of sp³-hybridized carbons (Fsp3) is 0.167. The molecule has 0 unspecified atom stereocenters. The van der Waals surface area contributed by atoms with Gasteiger partial charge in [-0.2, -0.15) is 0 Å². The zero-order valence-electron chi connectivity index (χ0n) is 9.40. The zero-order chi connectivity index (χ0) is 11.8. The summed E-state index contributed by atoms with van der Waals surface area (Å²) in [5.41, 5.74) is 9.86. The highest BCUT2D eigenvalue weighted by Crippen LogP contribution is 2.17. The molecule has 0 bridgehead atoms. The van der Waals surface area contributed by atoms with Crippen molar-refractivity contribution < 1.29 is 0 Å². The molecule has 2 heterocycles. The van der Waals surface area contributed by atoms with Crippen LogP contribution in [0.2, 0.25) is 0 Å². The number of aromatic nitrogens is 3. The first-order chi connectivity index (χ1) is 8.20. The zero-order valence-corrected chi connectivity index (χ0v) is 10.2. The summed E-state index contributed by atoms with van der Waals surface area (Å²) in [4.78, 5) is 12.1. The van der Waals surface area contributed by atoms with E-state index in [1.165, 1.54) is 16.9 Å². The molecule has 0 fully saturated rings. The first-order valence-corrected chi connectivity index (χ1v) is 6.24. The van der Waals surface area contributed by atoms with E-state index in [1.807, 2.05) is 11.4 Å². The van der Waals surface area contributed by atoms with Crippen molar-refractivity contribution in [2.75, 3.05) is 5.73 Å². The lowest BCUT2D eigenvalue weighted by Gasteiger charge is -1.90. The van der Waals surface area contributed by atoms with Crippen molar-refractivity contribution in [3.05, 3.63) is 40.7 Å². The molecule has 0 amide bonds. The van der Waals surface area contributed by atoms with Gasteiger partial charge in [0.2, 0.25) is 0 Å². The molecule has 0 aliphatic rings. The van der Waals surface area contributed by atoms with Crippen LogP contribution in [0.3, 0.4) is 0 Å². The van der Waals surface area contributed by atoms with Crippen LogP contribution in [-0.2, 0) is 6.42 Å². The Labute approximate surface area is 103 Å². The van der Waals surface area contributed by atoms with E-state index in [9.17, 15) is 0 Å². The van der Waals surface area contributed by atoms with Gasteiger partial charge >= 0.3 is 0 Å². The van der Waals surface area contributed by atoms with E-state index in [0.717, 1.165) is 22.6 Å². The van der Waals surface area contributed by atoms with E-state index in [0.29, 0.717) is 11.6 Å². The number of imidazole rings is 1. The highest BCUT2D eigenvalue weighted by Gasteiger charge is 2.06. The number of nitrogens with one attached hydrogen (secondary N) is 1. The number of H-pyrrole nitrogens is 1. The third kappa shape index (κ3) is 2.01. The normalized spacial score (nSPS) is 11.1. The van der Waals surface area contributed by atoms with Crippen molar-refractivity contribution in [1.82, 2.24) is 15.0 Å². The molecule has 0 saturated carbocycles. The summed E-state index contributed by atoms with van der Waals surface area (Å²) >= 11 is 1.46. The van der Waals surface area contributed by atoms with Crippen molar-refractivity contribution in [1.29, 1.82) is 0 Å². The van der Waals surface area contributed by atoms with Gasteiger partial charge in [-0.05, 0) is 24.6 Å². The van der Waals surface area contributed by atoms with E-state index in [2.05, 4.69) is 34.0 Å². The number of benzene rings is 1. The topological polar surface area (TPSA) is 67.6 Å². The second kappa shape index (κ2) is 3.85. The Bertz CT molecular complexity index is 668. The molecule has 17 heavy (non-hydrogen) atoms. The smallest absolute Gasteiger partial charge is 0.180 e. The molecular weight excluding hydrogens is 232 g/mol. The van der Waals surface area contributed by atoms with Crippen LogP contribution in [0.1, 0.15) is 17.1 Å². The highest BCUT2D eigenvalue weighted by atomic mass is 32.1. The number of rotatable bonds is 2. The van der Waals surface area contributed by atoms with Gasteiger partial charge in [-0.25, -0.2) is 9.97 Å². The summed E-state index contributed by atoms with van der Waals surface area (Å²) in [6.45, 7) is 2.07. The van der Waals surface area contributed by atoms with Crippen molar-refractivity contribution >= 4 is 27.5 Å². The maximum atomic E-state index is 5.60.